The molecular weight excluding hydrogens is 380 g/mol. The van der Waals surface area contributed by atoms with Crippen LogP contribution in [0.2, 0.25) is 0 Å². The first-order valence-corrected chi connectivity index (χ1v) is 9.96. The summed E-state index contributed by atoms with van der Waals surface area (Å²) >= 11 is 0.821. The Morgan fingerprint density at radius 1 is 1.19 bits per heavy atom. The molecule has 0 spiro atoms. The Balaban J connectivity index is 2.05. The molecule has 136 valence electrons. The SMILES string of the molecule is Cc1c(=O)n(CCS(=O)(=O)c2ccccc2)c(=O)n2cc(C(=O)O)sc12. The highest BCUT2D eigenvalue weighted by Gasteiger charge is 2.19. The zero-order valence-electron chi connectivity index (χ0n) is 13.6. The van der Waals surface area contributed by atoms with Crippen molar-refractivity contribution in [3.63, 3.8) is 0 Å². The highest BCUT2D eigenvalue weighted by molar-refractivity contribution is 7.91. The maximum atomic E-state index is 12.5. The molecule has 0 radical (unpaired) electrons. The Kier molecular flexibility index (Phi) is 4.55. The monoisotopic (exact) mass is 394 g/mol. The summed E-state index contributed by atoms with van der Waals surface area (Å²) in [6.45, 7) is 1.15. The maximum absolute atomic E-state index is 12.5. The second-order valence-corrected chi connectivity index (χ2v) is 8.71. The number of benzene rings is 1. The fourth-order valence-corrected chi connectivity index (χ4v) is 4.67. The van der Waals surface area contributed by atoms with E-state index >= 15 is 0 Å². The molecule has 0 saturated heterocycles. The molecule has 0 aliphatic carbocycles. The zero-order chi connectivity index (χ0) is 19.1. The molecule has 0 aliphatic rings. The third-order valence-electron chi connectivity index (χ3n) is 3.89. The summed E-state index contributed by atoms with van der Waals surface area (Å²) in [4.78, 5) is 36.4. The third-order valence-corrected chi connectivity index (χ3v) is 6.80. The molecule has 26 heavy (non-hydrogen) atoms. The first-order valence-electron chi connectivity index (χ1n) is 7.49. The van der Waals surface area contributed by atoms with E-state index in [2.05, 4.69) is 0 Å². The Labute approximate surface area is 151 Å². The zero-order valence-corrected chi connectivity index (χ0v) is 15.2. The smallest absolute Gasteiger partial charge is 0.347 e. The number of hydrogen-bond acceptors (Lipinski definition) is 6. The van der Waals surface area contributed by atoms with E-state index in [1.807, 2.05) is 0 Å². The number of carbonyl (C=O) groups is 1. The topological polar surface area (TPSA) is 115 Å². The van der Waals surface area contributed by atoms with E-state index in [0.29, 0.717) is 0 Å². The van der Waals surface area contributed by atoms with Crippen LogP contribution >= 0.6 is 11.3 Å². The number of fused-ring (bicyclic) bond motifs is 1. The van der Waals surface area contributed by atoms with Crippen LogP contribution in [-0.2, 0) is 16.4 Å². The summed E-state index contributed by atoms with van der Waals surface area (Å²) in [5.74, 6) is -1.63. The van der Waals surface area contributed by atoms with Crippen molar-refractivity contribution >= 4 is 32.0 Å². The lowest BCUT2D eigenvalue weighted by molar-refractivity contribution is 0.0701. The van der Waals surface area contributed by atoms with Crippen molar-refractivity contribution in [3.8, 4) is 0 Å². The molecule has 0 unspecified atom stereocenters. The van der Waals surface area contributed by atoms with Crippen molar-refractivity contribution < 1.29 is 18.3 Å². The van der Waals surface area contributed by atoms with Crippen LogP contribution in [0.3, 0.4) is 0 Å². The van der Waals surface area contributed by atoms with E-state index in [9.17, 15) is 22.8 Å². The van der Waals surface area contributed by atoms with Crippen LogP contribution in [0.15, 0.2) is 51.0 Å². The lowest BCUT2D eigenvalue weighted by Crippen LogP contribution is -2.39. The average Bonchev–Trinajstić information content (AvgIpc) is 3.06. The standard InChI is InChI=1S/C16H14N2O6S2/c1-10-13(19)17(7-8-26(23,24)11-5-3-2-4-6-11)16(22)18-9-12(15(20)21)25-14(10)18/h2-6,9H,7-8H2,1H3,(H,20,21). The summed E-state index contributed by atoms with van der Waals surface area (Å²) in [5, 5.41) is 9.07. The molecule has 0 bridgehead atoms. The number of aromatic carboxylic acids is 1. The van der Waals surface area contributed by atoms with E-state index < -0.39 is 32.8 Å². The fraction of sp³-hybridized carbons (Fsp3) is 0.188. The first-order chi connectivity index (χ1) is 12.2. The molecule has 2 aromatic heterocycles. The number of hydrogen-bond donors (Lipinski definition) is 1. The van der Waals surface area contributed by atoms with Gasteiger partial charge in [0.15, 0.2) is 9.84 Å². The normalized spacial score (nSPS) is 11.7. The molecule has 0 atom stereocenters. The van der Waals surface area contributed by atoms with Gasteiger partial charge in [0.05, 0.1) is 10.6 Å². The van der Waals surface area contributed by atoms with Crippen LogP contribution in [0.5, 0.6) is 0 Å². The lowest BCUT2D eigenvalue weighted by atomic mass is 10.4. The minimum Gasteiger partial charge on any atom is -0.477 e. The van der Waals surface area contributed by atoms with Gasteiger partial charge in [-0.05, 0) is 19.1 Å². The highest BCUT2D eigenvalue weighted by atomic mass is 32.2. The van der Waals surface area contributed by atoms with Crippen molar-refractivity contribution in [1.29, 1.82) is 0 Å². The summed E-state index contributed by atoms with van der Waals surface area (Å²) in [6.07, 6.45) is 1.14. The maximum Gasteiger partial charge on any atom is 0.347 e. The van der Waals surface area contributed by atoms with Gasteiger partial charge in [-0.25, -0.2) is 18.0 Å². The Morgan fingerprint density at radius 2 is 1.85 bits per heavy atom. The van der Waals surface area contributed by atoms with Crippen molar-refractivity contribution in [2.45, 2.75) is 18.4 Å². The van der Waals surface area contributed by atoms with Gasteiger partial charge >= 0.3 is 11.7 Å². The molecule has 0 amide bonds. The van der Waals surface area contributed by atoms with Crippen LogP contribution in [0.1, 0.15) is 15.2 Å². The highest BCUT2D eigenvalue weighted by Crippen LogP contribution is 2.18. The second-order valence-electron chi connectivity index (χ2n) is 5.57. The van der Waals surface area contributed by atoms with Gasteiger partial charge in [0.1, 0.15) is 9.71 Å². The van der Waals surface area contributed by atoms with Gasteiger partial charge in [0.2, 0.25) is 0 Å². The molecule has 10 heteroatoms. The number of rotatable bonds is 5. The number of aryl methyl sites for hydroxylation is 1. The molecule has 1 N–H and O–H groups in total. The van der Waals surface area contributed by atoms with Crippen LogP contribution < -0.4 is 11.2 Å². The number of sulfone groups is 1. The number of carboxylic acids is 1. The number of thiazole rings is 1. The molecular formula is C16H14N2O6S2. The van der Waals surface area contributed by atoms with Crippen molar-refractivity contribution in [2.75, 3.05) is 5.75 Å². The third kappa shape index (κ3) is 3.08. The molecule has 8 nitrogen and oxygen atoms in total. The quantitative estimate of drug-likeness (QED) is 0.690. The Bertz CT molecular complexity index is 1220. The first kappa shape index (κ1) is 18.1. The van der Waals surface area contributed by atoms with E-state index in [-0.39, 0.29) is 26.7 Å². The molecule has 1 aromatic carbocycles. The molecule has 0 aliphatic heterocycles. The van der Waals surface area contributed by atoms with Gasteiger partial charge in [-0.3, -0.25) is 13.8 Å². The predicted octanol–water partition coefficient (Wildman–Crippen LogP) is 1.00. The fourth-order valence-electron chi connectivity index (χ4n) is 2.52. The molecule has 0 saturated carbocycles. The minimum absolute atomic E-state index is 0.0840. The molecule has 0 fully saturated rings. The van der Waals surface area contributed by atoms with E-state index in [4.69, 9.17) is 5.11 Å². The Morgan fingerprint density at radius 3 is 2.46 bits per heavy atom. The van der Waals surface area contributed by atoms with E-state index in [0.717, 1.165) is 26.5 Å². The van der Waals surface area contributed by atoms with Crippen molar-refractivity contribution in [3.05, 3.63) is 67.8 Å². The molecule has 2 heterocycles. The minimum atomic E-state index is -3.67. The van der Waals surface area contributed by atoms with Crippen molar-refractivity contribution in [1.82, 2.24) is 8.97 Å². The van der Waals surface area contributed by atoms with Crippen LogP contribution in [0.25, 0.3) is 4.83 Å². The number of nitrogens with zero attached hydrogens (tertiary/aromatic N) is 2. The van der Waals surface area contributed by atoms with Crippen LogP contribution in [0.4, 0.5) is 0 Å². The van der Waals surface area contributed by atoms with Gasteiger partial charge in [0.25, 0.3) is 5.56 Å². The van der Waals surface area contributed by atoms with E-state index in [1.54, 1.807) is 18.2 Å². The largest absolute Gasteiger partial charge is 0.477 e. The molecule has 3 rings (SSSR count). The van der Waals surface area contributed by atoms with Crippen molar-refractivity contribution in [2.24, 2.45) is 0 Å². The summed E-state index contributed by atoms with van der Waals surface area (Å²) in [7, 11) is -3.67. The summed E-state index contributed by atoms with van der Waals surface area (Å²) in [5.41, 5.74) is -1.20. The second kappa shape index (κ2) is 6.54. The number of aromatic nitrogens is 2. The van der Waals surface area contributed by atoms with E-state index in [1.165, 1.54) is 19.1 Å². The van der Waals surface area contributed by atoms with Crippen LogP contribution in [-0.4, -0.2) is 34.2 Å². The van der Waals surface area contributed by atoms with Gasteiger partial charge in [0, 0.05) is 18.3 Å². The summed E-state index contributed by atoms with van der Waals surface area (Å²) in [6, 6.07) is 7.74. The van der Waals surface area contributed by atoms with Gasteiger partial charge < -0.3 is 5.11 Å². The van der Waals surface area contributed by atoms with Gasteiger partial charge in [-0.15, -0.1) is 11.3 Å². The van der Waals surface area contributed by atoms with Crippen LogP contribution in [0, 0.1) is 6.92 Å². The number of carboxylic acid groups (broad SMARTS) is 1. The van der Waals surface area contributed by atoms with Gasteiger partial charge in [-0.2, -0.15) is 0 Å². The lowest BCUT2D eigenvalue weighted by Gasteiger charge is -2.08. The average molecular weight is 394 g/mol. The van der Waals surface area contributed by atoms with Gasteiger partial charge in [-0.1, -0.05) is 18.2 Å². The Hall–Kier alpha value is -2.72. The predicted molar refractivity (Wildman–Crippen MR) is 96.0 cm³/mol. The summed E-state index contributed by atoms with van der Waals surface area (Å²) < 4.78 is 26.6. The molecule has 3 aromatic rings.